The third-order valence-electron chi connectivity index (χ3n) is 2.39. The predicted molar refractivity (Wildman–Crippen MR) is 67.2 cm³/mol. The highest BCUT2D eigenvalue weighted by atomic mass is 32.2. The number of halogens is 1. The van der Waals surface area contributed by atoms with Crippen molar-refractivity contribution in [1.82, 2.24) is 4.31 Å². The maximum atomic E-state index is 13.7. The van der Waals surface area contributed by atoms with Crippen LogP contribution < -0.4 is 0 Å². The van der Waals surface area contributed by atoms with Crippen molar-refractivity contribution in [3.63, 3.8) is 0 Å². The minimum Gasteiger partial charge on any atom is -0.395 e. The predicted octanol–water partition coefficient (Wildman–Crippen LogP) is 1.30. The topological polar surface area (TPSA) is 57.6 Å². The van der Waals surface area contributed by atoms with E-state index in [0.717, 1.165) is 10.4 Å². The maximum absolute atomic E-state index is 13.7. The zero-order valence-electron chi connectivity index (χ0n) is 10.1. The molecule has 0 fully saturated rings. The zero-order chi connectivity index (χ0) is 13.8. The second-order valence-corrected chi connectivity index (χ2v) is 5.72. The van der Waals surface area contributed by atoms with Crippen LogP contribution in [0.3, 0.4) is 0 Å². The molecule has 100 valence electrons. The Morgan fingerprint density at radius 2 is 2.17 bits per heavy atom. The molecule has 1 aromatic rings. The number of aliphatic hydroxyl groups is 1. The molecule has 0 saturated carbocycles. The average Bonchev–Trinajstić information content (AvgIpc) is 2.28. The Kier molecular flexibility index (Phi) is 5.01. The molecule has 18 heavy (non-hydrogen) atoms. The van der Waals surface area contributed by atoms with Crippen LogP contribution in [0.15, 0.2) is 35.7 Å². The second kappa shape index (κ2) is 6.08. The molecular formula is C12H16FNO3S. The molecule has 0 unspecified atom stereocenters. The molecule has 0 aliphatic rings. The van der Waals surface area contributed by atoms with Crippen LogP contribution in [0.2, 0.25) is 0 Å². The van der Waals surface area contributed by atoms with E-state index in [1.807, 2.05) is 0 Å². The van der Waals surface area contributed by atoms with Gasteiger partial charge in [0.1, 0.15) is 10.7 Å². The lowest BCUT2D eigenvalue weighted by molar-refractivity contribution is 0.260. The van der Waals surface area contributed by atoms with Crippen LogP contribution in [0, 0.1) is 12.7 Å². The average molecular weight is 273 g/mol. The summed E-state index contributed by atoms with van der Waals surface area (Å²) < 4.78 is 39.0. The summed E-state index contributed by atoms with van der Waals surface area (Å²) in [5, 5.41) is 8.85. The van der Waals surface area contributed by atoms with E-state index in [-0.39, 0.29) is 24.6 Å². The minimum absolute atomic E-state index is 0.0240. The first-order valence-corrected chi connectivity index (χ1v) is 6.85. The van der Waals surface area contributed by atoms with Crippen LogP contribution >= 0.6 is 0 Å². The van der Waals surface area contributed by atoms with Crippen LogP contribution in [0.5, 0.6) is 0 Å². The Bertz CT molecular complexity index is 528. The van der Waals surface area contributed by atoms with Crippen molar-refractivity contribution in [2.75, 3.05) is 19.7 Å². The molecule has 1 aromatic carbocycles. The molecule has 0 bridgehead atoms. The lowest BCUT2D eigenvalue weighted by atomic mass is 10.2. The van der Waals surface area contributed by atoms with Gasteiger partial charge in [0.25, 0.3) is 0 Å². The van der Waals surface area contributed by atoms with E-state index in [9.17, 15) is 12.8 Å². The van der Waals surface area contributed by atoms with E-state index in [0.29, 0.717) is 5.56 Å². The molecule has 0 saturated heterocycles. The summed E-state index contributed by atoms with van der Waals surface area (Å²) in [4.78, 5) is -0.386. The number of aliphatic hydroxyl groups excluding tert-OH is 1. The SMILES string of the molecule is C=CCN(CCO)S(=O)(=O)c1ccc(C)cc1F. The van der Waals surface area contributed by atoms with Crippen molar-refractivity contribution in [3.05, 3.63) is 42.2 Å². The van der Waals surface area contributed by atoms with E-state index in [4.69, 9.17) is 5.11 Å². The second-order valence-electron chi connectivity index (χ2n) is 3.81. The molecule has 0 aliphatic carbocycles. The van der Waals surface area contributed by atoms with E-state index in [1.54, 1.807) is 6.92 Å². The number of nitrogens with zero attached hydrogens (tertiary/aromatic N) is 1. The Morgan fingerprint density at radius 1 is 1.50 bits per heavy atom. The van der Waals surface area contributed by atoms with Gasteiger partial charge in [-0.2, -0.15) is 4.31 Å². The largest absolute Gasteiger partial charge is 0.395 e. The summed E-state index contributed by atoms with van der Waals surface area (Å²) in [6, 6.07) is 3.92. The summed E-state index contributed by atoms with van der Waals surface area (Å²) in [5.41, 5.74) is 0.642. The van der Waals surface area contributed by atoms with Gasteiger partial charge in [-0.15, -0.1) is 6.58 Å². The van der Waals surface area contributed by atoms with Crippen LogP contribution in [0.25, 0.3) is 0 Å². The van der Waals surface area contributed by atoms with Crippen molar-refractivity contribution in [2.45, 2.75) is 11.8 Å². The van der Waals surface area contributed by atoms with Gasteiger partial charge in [-0.1, -0.05) is 12.1 Å². The Balaban J connectivity index is 3.21. The number of hydrogen-bond donors (Lipinski definition) is 1. The quantitative estimate of drug-likeness (QED) is 0.795. The van der Waals surface area contributed by atoms with Gasteiger partial charge in [0.2, 0.25) is 10.0 Å². The Labute approximate surface area is 106 Å². The highest BCUT2D eigenvalue weighted by Crippen LogP contribution is 2.20. The van der Waals surface area contributed by atoms with Gasteiger partial charge in [-0.3, -0.25) is 0 Å². The smallest absolute Gasteiger partial charge is 0.246 e. The van der Waals surface area contributed by atoms with Gasteiger partial charge in [0.15, 0.2) is 0 Å². The molecule has 0 spiro atoms. The highest BCUT2D eigenvalue weighted by molar-refractivity contribution is 7.89. The van der Waals surface area contributed by atoms with E-state index < -0.39 is 15.8 Å². The standard InChI is InChI=1S/C12H16FNO3S/c1-3-6-14(7-8-15)18(16,17)12-5-4-10(2)9-11(12)13/h3-5,9,15H,1,6-8H2,2H3. The van der Waals surface area contributed by atoms with Gasteiger partial charge >= 0.3 is 0 Å². The lowest BCUT2D eigenvalue weighted by Crippen LogP contribution is -2.34. The number of benzene rings is 1. The first kappa shape index (κ1) is 14.8. The molecule has 0 amide bonds. The fourth-order valence-corrected chi connectivity index (χ4v) is 2.97. The number of aryl methyl sites for hydroxylation is 1. The van der Waals surface area contributed by atoms with Gasteiger partial charge in [-0.25, -0.2) is 12.8 Å². The molecule has 6 heteroatoms. The van der Waals surface area contributed by atoms with Crippen molar-refractivity contribution in [1.29, 1.82) is 0 Å². The summed E-state index contributed by atoms with van der Waals surface area (Å²) in [6.07, 6.45) is 1.39. The molecule has 0 radical (unpaired) electrons. The minimum atomic E-state index is -3.95. The third-order valence-corrected chi connectivity index (χ3v) is 4.29. The van der Waals surface area contributed by atoms with Gasteiger partial charge < -0.3 is 5.11 Å². The molecule has 0 heterocycles. The molecule has 0 aliphatic heterocycles. The normalized spacial score (nSPS) is 11.8. The fraction of sp³-hybridized carbons (Fsp3) is 0.333. The Morgan fingerprint density at radius 3 is 2.67 bits per heavy atom. The van der Waals surface area contributed by atoms with Gasteiger partial charge in [-0.05, 0) is 24.6 Å². The van der Waals surface area contributed by atoms with Crippen LogP contribution in [0.4, 0.5) is 4.39 Å². The lowest BCUT2D eigenvalue weighted by Gasteiger charge is -2.20. The summed E-state index contributed by atoms with van der Waals surface area (Å²) in [5.74, 6) is -0.790. The first-order valence-electron chi connectivity index (χ1n) is 5.41. The number of hydrogen-bond acceptors (Lipinski definition) is 3. The van der Waals surface area contributed by atoms with E-state index in [2.05, 4.69) is 6.58 Å². The van der Waals surface area contributed by atoms with Crippen molar-refractivity contribution in [2.24, 2.45) is 0 Å². The number of rotatable bonds is 6. The van der Waals surface area contributed by atoms with Crippen molar-refractivity contribution in [3.8, 4) is 0 Å². The van der Waals surface area contributed by atoms with Gasteiger partial charge in [0.05, 0.1) is 6.61 Å². The number of sulfonamides is 1. The maximum Gasteiger partial charge on any atom is 0.246 e. The van der Waals surface area contributed by atoms with Crippen LogP contribution in [0.1, 0.15) is 5.56 Å². The summed E-state index contributed by atoms with van der Waals surface area (Å²) in [7, 11) is -3.95. The first-order chi connectivity index (χ1) is 8.43. The van der Waals surface area contributed by atoms with E-state index >= 15 is 0 Å². The van der Waals surface area contributed by atoms with Crippen LogP contribution in [-0.2, 0) is 10.0 Å². The van der Waals surface area contributed by atoms with Crippen LogP contribution in [-0.4, -0.2) is 37.5 Å². The Hall–Kier alpha value is -1.24. The third kappa shape index (κ3) is 3.16. The van der Waals surface area contributed by atoms with Gasteiger partial charge in [0, 0.05) is 13.1 Å². The molecule has 1 rings (SSSR count). The zero-order valence-corrected chi connectivity index (χ0v) is 11.0. The molecule has 0 aromatic heterocycles. The van der Waals surface area contributed by atoms with Crippen molar-refractivity contribution >= 4 is 10.0 Å². The monoisotopic (exact) mass is 273 g/mol. The molecule has 1 N–H and O–H groups in total. The fourth-order valence-electron chi connectivity index (χ4n) is 1.52. The highest BCUT2D eigenvalue weighted by Gasteiger charge is 2.26. The summed E-state index contributed by atoms with van der Waals surface area (Å²) >= 11 is 0. The summed E-state index contributed by atoms with van der Waals surface area (Å²) in [6.45, 7) is 4.72. The molecule has 4 nitrogen and oxygen atoms in total. The van der Waals surface area contributed by atoms with Crippen molar-refractivity contribution < 1.29 is 17.9 Å². The van der Waals surface area contributed by atoms with E-state index in [1.165, 1.54) is 18.2 Å². The molecule has 0 atom stereocenters. The molecular weight excluding hydrogens is 257 g/mol.